The molecule has 0 bridgehead atoms. The lowest BCUT2D eigenvalue weighted by Crippen LogP contribution is -2.32. The van der Waals surface area contributed by atoms with E-state index in [0.29, 0.717) is 21.7 Å². The van der Waals surface area contributed by atoms with Crippen molar-refractivity contribution in [3.63, 3.8) is 0 Å². The topological polar surface area (TPSA) is 109 Å². The molecule has 2 aromatic carbocycles. The monoisotopic (exact) mass is 432 g/mol. The van der Waals surface area contributed by atoms with Gasteiger partial charge in [-0.25, -0.2) is 4.39 Å². The molecule has 3 aromatic rings. The van der Waals surface area contributed by atoms with Crippen LogP contribution in [0.15, 0.2) is 36.4 Å². The molecule has 30 heavy (non-hydrogen) atoms. The maximum Gasteiger partial charge on any atom is 0.322 e. The Morgan fingerprint density at radius 3 is 2.57 bits per heavy atom. The summed E-state index contributed by atoms with van der Waals surface area (Å²) >= 11 is 5.98. The van der Waals surface area contributed by atoms with Crippen molar-refractivity contribution in [2.75, 3.05) is 6.54 Å². The van der Waals surface area contributed by atoms with Crippen LogP contribution in [0, 0.1) is 12.7 Å². The van der Waals surface area contributed by atoms with Crippen LogP contribution in [0.5, 0.6) is 5.75 Å². The first kappa shape index (κ1) is 21.3. The largest absolute Gasteiger partial charge is 0.505 e. The van der Waals surface area contributed by atoms with Crippen molar-refractivity contribution in [1.82, 2.24) is 9.88 Å². The van der Waals surface area contributed by atoms with Crippen LogP contribution >= 0.6 is 11.6 Å². The summed E-state index contributed by atoms with van der Waals surface area (Å²) in [4.78, 5) is 36.4. The first-order valence-corrected chi connectivity index (χ1v) is 9.32. The van der Waals surface area contributed by atoms with Gasteiger partial charge in [-0.15, -0.1) is 0 Å². The van der Waals surface area contributed by atoms with Crippen molar-refractivity contribution in [2.45, 2.75) is 19.8 Å². The Morgan fingerprint density at radius 2 is 1.93 bits per heavy atom. The Hall–Kier alpha value is -3.39. The van der Waals surface area contributed by atoms with E-state index in [4.69, 9.17) is 16.7 Å². The summed E-state index contributed by atoms with van der Waals surface area (Å²) in [5, 5.41) is 21.6. The lowest BCUT2D eigenvalue weighted by atomic mass is 9.97. The third-order valence-corrected chi connectivity index (χ3v) is 5.07. The molecule has 0 unspecified atom stereocenters. The second-order valence-corrected chi connectivity index (χ2v) is 7.24. The van der Waals surface area contributed by atoms with Crippen LogP contribution < -0.4 is 5.32 Å². The average molecular weight is 433 g/mol. The highest BCUT2D eigenvalue weighted by atomic mass is 35.5. The minimum absolute atomic E-state index is 0.167. The van der Waals surface area contributed by atoms with Gasteiger partial charge in [0.15, 0.2) is 11.6 Å². The average Bonchev–Trinajstić information content (AvgIpc) is 2.96. The number of hydrogen-bond acceptors (Lipinski definition) is 4. The summed E-state index contributed by atoms with van der Waals surface area (Å²) in [7, 11) is 0. The number of carboxylic acid groups (broad SMARTS) is 1. The second kappa shape index (κ2) is 8.16. The van der Waals surface area contributed by atoms with Crippen molar-refractivity contribution >= 4 is 40.3 Å². The number of rotatable bonds is 5. The summed E-state index contributed by atoms with van der Waals surface area (Å²) in [5.74, 6) is -4.70. The Bertz CT molecular complexity index is 1190. The molecule has 7 nitrogen and oxygen atoms in total. The zero-order valence-corrected chi connectivity index (χ0v) is 16.8. The molecule has 0 aliphatic heterocycles. The fourth-order valence-electron chi connectivity index (χ4n) is 3.45. The van der Waals surface area contributed by atoms with Gasteiger partial charge in [-0.2, -0.15) is 0 Å². The Kier molecular flexibility index (Phi) is 5.80. The number of carboxylic acids is 1. The predicted octanol–water partition coefficient (Wildman–Crippen LogP) is 3.44. The molecule has 0 aliphatic rings. The fraction of sp³-hybridized carbons (Fsp3) is 0.190. The van der Waals surface area contributed by atoms with Gasteiger partial charge in [0.05, 0.1) is 11.4 Å². The van der Waals surface area contributed by atoms with Crippen LogP contribution in [0.1, 0.15) is 34.5 Å². The number of phenols is 1. The molecule has 3 rings (SSSR count). The van der Waals surface area contributed by atoms with Gasteiger partial charge in [-0.05, 0) is 43.7 Å². The highest BCUT2D eigenvalue weighted by Gasteiger charge is 2.28. The highest BCUT2D eigenvalue weighted by Crippen LogP contribution is 2.36. The molecule has 0 aliphatic carbocycles. The molecule has 3 N–H and O–H groups in total. The number of phenolic OH excluding ortho intramolecular Hbond substituents is 1. The molecule has 156 valence electrons. The van der Waals surface area contributed by atoms with E-state index in [1.54, 1.807) is 25.1 Å². The van der Waals surface area contributed by atoms with E-state index in [2.05, 4.69) is 5.32 Å². The molecule has 9 heteroatoms. The smallest absolute Gasteiger partial charge is 0.322 e. The molecule has 1 amide bonds. The summed E-state index contributed by atoms with van der Waals surface area (Å²) in [6.45, 7) is 2.56. The molecular formula is C21H18ClFN2O5. The molecule has 0 saturated heterocycles. The van der Waals surface area contributed by atoms with Gasteiger partial charge in [-0.3, -0.25) is 19.0 Å². The number of nitrogens with one attached hydrogen (secondary N) is 1. The number of aromatic nitrogens is 1. The number of carbonyl (C=O) groups is 3. The van der Waals surface area contributed by atoms with Crippen molar-refractivity contribution in [3.05, 3.63) is 64.1 Å². The van der Waals surface area contributed by atoms with Crippen molar-refractivity contribution in [1.29, 1.82) is 0 Å². The third-order valence-electron chi connectivity index (χ3n) is 4.84. The molecule has 0 radical (unpaired) electrons. The van der Waals surface area contributed by atoms with E-state index in [-0.39, 0.29) is 11.1 Å². The number of benzene rings is 2. The van der Waals surface area contributed by atoms with Gasteiger partial charge in [0.1, 0.15) is 6.54 Å². The van der Waals surface area contributed by atoms with Crippen LogP contribution in [-0.2, 0) is 9.59 Å². The van der Waals surface area contributed by atoms with Crippen LogP contribution in [-0.4, -0.2) is 39.1 Å². The van der Waals surface area contributed by atoms with Gasteiger partial charge in [0.25, 0.3) is 5.91 Å². The summed E-state index contributed by atoms with van der Waals surface area (Å²) in [6, 6.07) is 8.40. The summed E-state index contributed by atoms with van der Waals surface area (Å²) < 4.78 is 15.4. The number of fused-ring (bicyclic) bond motifs is 1. The van der Waals surface area contributed by atoms with Crippen LogP contribution in [0.3, 0.4) is 0 Å². The van der Waals surface area contributed by atoms with Gasteiger partial charge in [0, 0.05) is 27.7 Å². The fourth-order valence-corrected chi connectivity index (χ4v) is 3.64. The SMILES string of the molecule is Cc1c([C@H](C)C(=O)NCC(=O)O)c2cc(O)c(F)cc2n1C(=O)c1cccc(Cl)c1. The third kappa shape index (κ3) is 3.86. The van der Waals surface area contributed by atoms with Gasteiger partial charge in [0.2, 0.25) is 5.91 Å². The minimum Gasteiger partial charge on any atom is -0.505 e. The first-order valence-electron chi connectivity index (χ1n) is 8.95. The lowest BCUT2D eigenvalue weighted by molar-refractivity contribution is -0.138. The standard InChI is InChI=1S/C21H18ClFN2O5/c1-10(20(29)24-9-18(27)28)19-11(2)25(16-8-15(23)17(26)7-14(16)19)21(30)12-4-3-5-13(22)6-12/h3-8,10,26H,9H2,1-2H3,(H,24,29)(H,27,28)/t10-/m0/s1. The predicted molar refractivity (Wildman–Crippen MR) is 109 cm³/mol. The van der Waals surface area contributed by atoms with Gasteiger partial charge < -0.3 is 15.5 Å². The lowest BCUT2D eigenvalue weighted by Gasteiger charge is -2.13. The molecule has 0 saturated carbocycles. The summed E-state index contributed by atoms with van der Waals surface area (Å²) in [6.07, 6.45) is 0. The Balaban J connectivity index is 2.20. The van der Waals surface area contributed by atoms with Crippen molar-refractivity contribution in [2.24, 2.45) is 0 Å². The number of halogens is 2. The Labute approximate surface area is 175 Å². The quantitative estimate of drug-likeness (QED) is 0.572. The summed E-state index contributed by atoms with van der Waals surface area (Å²) in [5.41, 5.74) is 1.16. The number of nitrogens with zero attached hydrogens (tertiary/aromatic N) is 1. The number of hydrogen-bond donors (Lipinski definition) is 3. The maximum absolute atomic E-state index is 14.1. The maximum atomic E-state index is 14.1. The van der Waals surface area contributed by atoms with Crippen LogP contribution in [0.25, 0.3) is 10.9 Å². The van der Waals surface area contributed by atoms with Gasteiger partial charge in [-0.1, -0.05) is 17.7 Å². The first-order chi connectivity index (χ1) is 14.1. The number of amides is 1. The van der Waals surface area contributed by atoms with E-state index >= 15 is 0 Å². The van der Waals surface area contributed by atoms with Crippen LogP contribution in [0.2, 0.25) is 5.02 Å². The molecule has 0 spiro atoms. The van der Waals surface area contributed by atoms with E-state index in [1.165, 1.54) is 17.6 Å². The van der Waals surface area contributed by atoms with E-state index in [9.17, 15) is 23.9 Å². The van der Waals surface area contributed by atoms with Crippen molar-refractivity contribution in [3.8, 4) is 5.75 Å². The zero-order valence-electron chi connectivity index (χ0n) is 16.1. The Morgan fingerprint density at radius 1 is 1.23 bits per heavy atom. The minimum atomic E-state index is -1.20. The number of aromatic hydroxyl groups is 1. The zero-order chi connectivity index (χ0) is 22.2. The van der Waals surface area contributed by atoms with Crippen molar-refractivity contribution < 1.29 is 29.0 Å². The highest BCUT2D eigenvalue weighted by molar-refractivity contribution is 6.31. The second-order valence-electron chi connectivity index (χ2n) is 6.80. The van der Waals surface area contributed by atoms with Gasteiger partial charge >= 0.3 is 5.97 Å². The number of aliphatic carboxylic acids is 1. The van der Waals surface area contributed by atoms with E-state index in [0.717, 1.165) is 12.1 Å². The molecule has 1 heterocycles. The molecular weight excluding hydrogens is 415 g/mol. The van der Waals surface area contributed by atoms with E-state index in [1.807, 2.05) is 0 Å². The van der Waals surface area contributed by atoms with Crippen LogP contribution in [0.4, 0.5) is 4.39 Å². The molecule has 1 aromatic heterocycles. The number of carbonyl (C=O) groups excluding carboxylic acids is 2. The molecule has 0 fully saturated rings. The van der Waals surface area contributed by atoms with E-state index < -0.39 is 41.8 Å². The molecule has 1 atom stereocenters. The normalized spacial score (nSPS) is 12.0.